The quantitative estimate of drug-likeness (QED) is 0.173. The zero-order valence-electron chi connectivity index (χ0n) is 21.4. The molecule has 1 saturated heterocycles. The lowest BCUT2D eigenvalue weighted by atomic mass is 9.81. The number of aryl methyl sites for hydroxylation is 1. The lowest BCUT2D eigenvalue weighted by Crippen LogP contribution is -2.46. The number of fused-ring (bicyclic) bond motifs is 3. The van der Waals surface area contributed by atoms with Crippen molar-refractivity contribution in [2.45, 2.75) is 31.5 Å². The van der Waals surface area contributed by atoms with Gasteiger partial charge in [0.2, 0.25) is 0 Å². The monoisotopic (exact) mass is 526 g/mol. The largest absolute Gasteiger partial charge is 0.418 e. The van der Waals surface area contributed by atoms with Gasteiger partial charge >= 0.3 is 6.18 Å². The predicted octanol–water partition coefficient (Wildman–Crippen LogP) is 4.41. The Morgan fingerprint density at radius 3 is 2.42 bits per heavy atom. The molecule has 1 atom stereocenters. The van der Waals surface area contributed by atoms with Crippen molar-refractivity contribution in [2.75, 3.05) is 39.1 Å². The average molecular weight is 527 g/mol. The van der Waals surface area contributed by atoms with Crippen LogP contribution in [-0.4, -0.2) is 55.5 Å². The minimum absolute atomic E-state index is 0.0535. The number of ether oxygens (including phenoxy) is 1. The van der Waals surface area contributed by atoms with Crippen molar-refractivity contribution in [1.29, 1.82) is 5.41 Å². The van der Waals surface area contributed by atoms with Gasteiger partial charge in [0.05, 0.1) is 30.0 Å². The molecule has 7 nitrogen and oxygen atoms in total. The number of pyridine rings is 1. The van der Waals surface area contributed by atoms with Gasteiger partial charge in [0, 0.05) is 47.5 Å². The predicted molar refractivity (Wildman–Crippen MR) is 146 cm³/mol. The van der Waals surface area contributed by atoms with Gasteiger partial charge in [-0.3, -0.25) is 16.2 Å². The van der Waals surface area contributed by atoms with Crippen molar-refractivity contribution in [3.05, 3.63) is 64.7 Å². The summed E-state index contributed by atoms with van der Waals surface area (Å²) in [7, 11) is 1.65. The second kappa shape index (κ2) is 11.6. The van der Waals surface area contributed by atoms with Crippen LogP contribution in [0.3, 0.4) is 0 Å². The number of nitrogens with zero attached hydrogens (tertiary/aromatic N) is 2. The topological polar surface area (TPSA) is 113 Å². The molecule has 0 amide bonds. The van der Waals surface area contributed by atoms with E-state index in [0.717, 1.165) is 54.0 Å². The normalized spacial score (nSPS) is 17.9. The van der Waals surface area contributed by atoms with E-state index in [9.17, 15) is 13.2 Å². The molecule has 0 spiro atoms. The number of alkyl halides is 3. The number of nitrogens with one attached hydrogen (secondary N) is 2. The molecule has 1 unspecified atom stereocenters. The van der Waals surface area contributed by atoms with Gasteiger partial charge in [-0.2, -0.15) is 13.2 Å². The van der Waals surface area contributed by atoms with Crippen LogP contribution in [0, 0.1) is 5.41 Å². The highest BCUT2D eigenvalue weighted by Crippen LogP contribution is 2.43. The summed E-state index contributed by atoms with van der Waals surface area (Å²) in [4.78, 5) is 7.06. The summed E-state index contributed by atoms with van der Waals surface area (Å²) in [5, 5.41) is 8.28. The first-order chi connectivity index (χ1) is 18.2. The van der Waals surface area contributed by atoms with Crippen molar-refractivity contribution in [1.82, 2.24) is 15.3 Å². The van der Waals surface area contributed by atoms with Crippen molar-refractivity contribution >= 4 is 28.9 Å². The SMILES string of the molecule is C=Cc1ccc(-c2nc3c(C(F)(F)F)cc(N)c(C=N)c3c3c2CC(N2CCOCC2)CC3)cc1.CNN. The molecule has 2 heterocycles. The Balaban J connectivity index is 0.00000107. The lowest BCUT2D eigenvalue weighted by Gasteiger charge is -2.38. The lowest BCUT2D eigenvalue weighted by molar-refractivity contribution is -0.136. The average Bonchev–Trinajstić information content (AvgIpc) is 2.92. The fourth-order valence-corrected chi connectivity index (χ4v) is 5.39. The Morgan fingerprint density at radius 1 is 1.18 bits per heavy atom. The molecule has 3 aromatic rings. The Bertz CT molecular complexity index is 1320. The molecule has 202 valence electrons. The number of benzene rings is 2. The molecule has 0 saturated carbocycles. The van der Waals surface area contributed by atoms with Gasteiger partial charge in [0.15, 0.2) is 0 Å². The van der Waals surface area contributed by atoms with Crippen LogP contribution in [0.25, 0.3) is 28.2 Å². The van der Waals surface area contributed by atoms with E-state index in [-0.39, 0.29) is 17.2 Å². The molecule has 1 aliphatic carbocycles. The molecule has 1 aromatic heterocycles. The van der Waals surface area contributed by atoms with Crippen molar-refractivity contribution in [3.63, 3.8) is 0 Å². The summed E-state index contributed by atoms with van der Waals surface area (Å²) in [6.07, 6.45) is 0.229. The van der Waals surface area contributed by atoms with E-state index in [1.54, 1.807) is 13.1 Å². The van der Waals surface area contributed by atoms with Crippen LogP contribution in [0.4, 0.5) is 18.9 Å². The number of rotatable bonds is 4. The number of morpholine rings is 1. The minimum atomic E-state index is -4.62. The maximum Gasteiger partial charge on any atom is 0.418 e. The van der Waals surface area contributed by atoms with E-state index in [2.05, 4.69) is 27.7 Å². The van der Waals surface area contributed by atoms with Gasteiger partial charge < -0.3 is 15.9 Å². The molecule has 2 aliphatic rings. The van der Waals surface area contributed by atoms with E-state index < -0.39 is 11.7 Å². The minimum Gasteiger partial charge on any atom is -0.398 e. The highest BCUT2D eigenvalue weighted by atomic mass is 19.4. The molecule has 10 heteroatoms. The first-order valence-corrected chi connectivity index (χ1v) is 12.5. The smallest absolute Gasteiger partial charge is 0.398 e. The Kier molecular flexibility index (Phi) is 8.47. The molecule has 2 aromatic carbocycles. The summed E-state index contributed by atoms with van der Waals surface area (Å²) in [6.45, 7) is 6.81. The summed E-state index contributed by atoms with van der Waals surface area (Å²) >= 11 is 0. The summed E-state index contributed by atoms with van der Waals surface area (Å²) < 4.78 is 47.9. The molecular weight excluding hydrogens is 493 g/mol. The number of nitrogens with two attached hydrogens (primary N) is 2. The molecule has 5 rings (SSSR count). The van der Waals surface area contributed by atoms with Gasteiger partial charge in [-0.1, -0.05) is 36.9 Å². The number of halogens is 3. The van der Waals surface area contributed by atoms with Crippen molar-refractivity contribution in [3.8, 4) is 11.3 Å². The number of hydrogen-bond acceptors (Lipinski definition) is 7. The van der Waals surface area contributed by atoms with Gasteiger partial charge in [0.1, 0.15) is 0 Å². The fourth-order valence-electron chi connectivity index (χ4n) is 5.39. The van der Waals surface area contributed by atoms with E-state index in [4.69, 9.17) is 15.9 Å². The summed E-state index contributed by atoms with van der Waals surface area (Å²) in [6, 6.07) is 8.70. The highest BCUT2D eigenvalue weighted by molar-refractivity contribution is 6.07. The number of anilines is 1. The third-order valence-electron chi connectivity index (χ3n) is 7.15. The van der Waals surface area contributed by atoms with Crippen LogP contribution in [0.5, 0.6) is 0 Å². The van der Waals surface area contributed by atoms with Crippen LogP contribution < -0.4 is 17.0 Å². The first-order valence-electron chi connectivity index (χ1n) is 12.5. The summed E-state index contributed by atoms with van der Waals surface area (Å²) in [5.41, 5.74) is 11.5. The second-order valence-corrected chi connectivity index (χ2v) is 9.37. The number of hydrazine groups is 1. The molecule has 0 radical (unpaired) electrons. The zero-order chi connectivity index (χ0) is 27.4. The van der Waals surface area contributed by atoms with Crippen LogP contribution in [0.15, 0.2) is 36.9 Å². The van der Waals surface area contributed by atoms with Gasteiger partial charge in [-0.25, -0.2) is 4.98 Å². The number of hydrogen-bond donors (Lipinski definition) is 4. The maximum absolute atomic E-state index is 14.1. The number of aromatic nitrogens is 1. The second-order valence-electron chi connectivity index (χ2n) is 9.37. The fraction of sp³-hybridized carbons (Fsp3) is 0.357. The number of nitrogen functional groups attached to an aromatic ring is 1. The first kappa shape index (κ1) is 27.7. The molecular formula is C28H33F3N6O. The van der Waals surface area contributed by atoms with E-state index in [1.165, 1.54) is 0 Å². The van der Waals surface area contributed by atoms with E-state index in [1.807, 2.05) is 24.3 Å². The van der Waals surface area contributed by atoms with Gasteiger partial charge in [-0.05, 0) is 49.1 Å². The standard InChI is InChI=1S/C27H27F3N4O.CH6N2/c1-2-16-3-5-17(6-4-16)25-20-13-18(34-9-11-35-12-10-34)7-8-19(20)24-21(15-31)23(32)14-22(26(24)33-25)27(28,29)30;1-3-2/h2-6,14-15,18,31H,1,7-13,32H2;3H,2H2,1H3. The highest BCUT2D eigenvalue weighted by Gasteiger charge is 2.37. The molecule has 38 heavy (non-hydrogen) atoms. The van der Waals surface area contributed by atoms with Crippen molar-refractivity contribution in [2.24, 2.45) is 5.84 Å². The third kappa shape index (κ3) is 5.44. The zero-order valence-corrected chi connectivity index (χ0v) is 21.4. The molecule has 6 N–H and O–H groups in total. The molecule has 1 aliphatic heterocycles. The van der Waals surface area contributed by atoms with E-state index >= 15 is 0 Å². The van der Waals surface area contributed by atoms with Crippen LogP contribution in [0.2, 0.25) is 0 Å². The Morgan fingerprint density at radius 2 is 1.84 bits per heavy atom. The van der Waals surface area contributed by atoms with Crippen molar-refractivity contribution < 1.29 is 17.9 Å². The van der Waals surface area contributed by atoms with Crippen LogP contribution in [0.1, 0.15) is 34.2 Å². The molecule has 0 bridgehead atoms. The van der Waals surface area contributed by atoms with Crippen LogP contribution in [-0.2, 0) is 23.8 Å². The van der Waals surface area contributed by atoms with Gasteiger partial charge in [-0.15, -0.1) is 0 Å². The maximum atomic E-state index is 14.1. The van der Waals surface area contributed by atoms with E-state index in [0.29, 0.717) is 42.7 Å². The summed E-state index contributed by atoms with van der Waals surface area (Å²) in [5.74, 6) is 4.60. The third-order valence-corrected chi connectivity index (χ3v) is 7.15. The molecule has 1 fully saturated rings. The Labute approximate surface area is 220 Å². The Hall–Kier alpha value is -3.31. The van der Waals surface area contributed by atoms with Gasteiger partial charge in [0.25, 0.3) is 0 Å². The van der Waals surface area contributed by atoms with Crippen LogP contribution >= 0.6 is 0 Å².